The number of imide groups is 1. The van der Waals surface area contributed by atoms with Gasteiger partial charge in [0, 0.05) is 17.7 Å². The number of ether oxygens (including phenoxy) is 1. The van der Waals surface area contributed by atoms with Gasteiger partial charge in [0.2, 0.25) is 5.91 Å². The number of aliphatic carboxylic acids is 1. The summed E-state index contributed by atoms with van der Waals surface area (Å²) >= 11 is 0. The van der Waals surface area contributed by atoms with Crippen LogP contribution in [0.3, 0.4) is 0 Å². The number of carboxylic acid groups (broad SMARTS) is 1. The summed E-state index contributed by atoms with van der Waals surface area (Å²) in [6, 6.07) is 20.7. The normalized spacial score (nSPS) is 17.3. The van der Waals surface area contributed by atoms with E-state index in [2.05, 4.69) is 5.32 Å². The number of nitrogens with zero attached hydrogens (tertiary/aromatic N) is 2. The van der Waals surface area contributed by atoms with E-state index < -0.39 is 48.4 Å². The first-order valence-corrected chi connectivity index (χ1v) is 12.8. The topological polar surface area (TPSA) is 166 Å². The van der Waals surface area contributed by atoms with Crippen molar-refractivity contribution in [1.82, 2.24) is 15.1 Å². The number of amides is 4. The summed E-state index contributed by atoms with van der Waals surface area (Å²) in [4.78, 5) is 54.8. The van der Waals surface area contributed by atoms with E-state index in [0.717, 1.165) is 10.5 Å². The minimum atomic E-state index is -1.47. The Morgan fingerprint density at radius 1 is 1.02 bits per heavy atom. The standard InChI is InChI=1S/C30H31N5O6/c1-30(21-14-12-20(13-15-21)27(31)32)28(39)34(29(40)35(30)17-19-8-4-3-5-9-19)18-25(36)33-23(16-26(37)38)22-10-6-7-11-24(22)41-2/h3-15,23H,16-18H2,1-2H3,(H3,31,32)(H,33,36)(H,37,38)/t23-,30-/m0/s1. The lowest BCUT2D eigenvalue weighted by Gasteiger charge is -2.32. The van der Waals surface area contributed by atoms with Crippen molar-refractivity contribution in [3.8, 4) is 5.75 Å². The summed E-state index contributed by atoms with van der Waals surface area (Å²) in [6.07, 6.45) is -0.436. The maximum atomic E-state index is 13.9. The number of hydrogen-bond acceptors (Lipinski definition) is 6. The molecule has 0 unspecified atom stereocenters. The zero-order chi connectivity index (χ0) is 29.7. The van der Waals surface area contributed by atoms with Crippen LogP contribution in [-0.2, 0) is 26.5 Å². The van der Waals surface area contributed by atoms with E-state index in [0.29, 0.717) is 22.4 Å². The number of nitrogens with one attached hydrogen (secondary N) is 2. The first kappa shape index (κ1) is 28.8. The van der Waals surface area contributed by atoms with Crippen molar-refractivity contribution in [1.29, 1.82) is 5.41 Å². The van der Waals surface area contributed by atoms with E-state index in [1.165, 1.54) is 12.0 Å². The van der Waals surface area contributed by atoms with E-state index in [4.69, 9.17) is 15.9 Å². The molecule has 0 aromatic heterocycles. The molecule has 0 saturated carbocycles. The molecule has 3 aromatic carbocycles. The lowest BCUT2D eigenvalue weighted by atomic mass is 9.89. The van der Waals surface area contributed by atoms with Crippen molar-refractivity contribution in [2.45, 2.75) is 31.5 Å². The van der Waals surface area contributed by atoms with Gasteiger partial charge in [0.1, 0.15) is 23.7 Å². The van der Waals surface area contributed by atoms with Gasteiger partial charge in [0.15, 0.2) is 0 Å². The van der Waals surface area contributed by atoms with E-state index in [-0.39, 0.29) is 12.4 Å². The number of nitrogens with two attached hydrogens (primary N) is 1. The molecule has 0 spiro atoms. The third-order valence-electron chi connectivity index (χ3n) is 7.13. The molecule has 1 aliphatic rings. The van der Waals surface area contributed by atoms with E-state index >= 15 is 0 Å². The zero-order valence-corrected chi connectivity index (χ0v) is 22.7. The van der Waals surface area contributed by atoms with Crippen LogP contribution in [0.5, 0.6) is 5.75 Å². The summed E-state index contributed by atoms with van der Waals surface area (Å²) in [5.74, 6) is -2.22. The molecule has 1 fully saturated rings. The number of nitrogen functional groups attached to an aromatic ring is 1. The lowest BCUT2D eigenvalue weighted by molar-refractivity contribution is -0.139. The molecular weight excluding hydrogens is 526 g/mol. The van der Waals surface area contributed by atoms with Crippen molar-refractivity contribution >= 4 is 29.7 Å². The van der Waals surface area contributed by atoms with E-state index in [1.807, 2.05) is 30.3 Å². The van der Waals surface area contributed by atoms with Gasteiger partial charge in [-0.1, -0.05) is 72.8 Å². The smallest absolute Gasteiger partial charge is 0.328 e. The van der Waals surface area contributed by atoms with Gasteiger partial charge in [-0.05, 0) is 24.1 Å². The fourth-order valence-corrected chi connectivity index (χ4v) is 4.94. The van der Waals surface area contributed by atoms with Gasteiger partial charge in [-0.3, -0.25) is 24.7 Å². The molecule has 41 heavy (non-hydrogen) atoms. The number of methoxy groups -OCH3 is 1. The number of carboxylic acids is 1. The number of carbonyl (C=O) groups is 4. The second-order valence-electron chi connectivity index (χ2n) is 9.77. The molecule has 4 rings (SSSR count). The number of benzene rings is 3. The fraction of sp³-hybridized carbons (Fsp3) is 0.233. The van der Waals surface area contributed by atoms with Gasteiger partial charge < -0.3 is 25.8 Å². The molecule has 3 aromatic rings. The molecule has 0 bridgehead atoms. The second kappa shape index (κ2) is 11.9. The van der Waals surface area contributed by atoms with Crippen molar-refractivity contribution < 1.29 is 29.0 Å². The first-order chi connectivity index (χ1) is 19.6. The van der Waals surface area contributed by atoms with Crippen molar-refractivity contribution in [2.24, 2.45) is 5.73 Å². The average Bonchev–Trinajstić information content (AvgIpc) is 3.14. The van der Waals surface area contributed by atoms with Crippen LogP contribution < -0.4 is 15.8 Å². The van der Waals surface area contributed by atoms with Crippen LogP contribution in [0.1, 0.15) is 41.6 Å². The van der Waals surface area contributed by atoms with Crippen LogP contribution in [0, 0.1) is 5.41 Å². The largest absolute Gasteiger partial charge is 0.496 e. The Labute approximate surface area is 237 Å². The first-order valence-electron chi connectivity index (χ1n) is 12.8. The van der Waals surface area contributed by atoms with Crippen molar-refractivity contribution in [3.05, 3.63) is 101 Å². The Morgan fingerprint density at radius 3 is 2.27 bits per heavy atom. The SMILES string of the molecule is COc1ccccc1[C@H](CC(=O)O)NC(=O)CN1C(=O)N(Cc2ccccc2)[C@@](C)(c2ccc(C(=N)N)cc2)C1=O. The molecule has 1 saturated heterocycles. The Hall–Kier alpha value is -5.19. The Balaban J connectivity index is 1.65. The number of carbonyl (C=O) groups excluding carboxylic acids is 3. The average molecular weight is 558 g/mol. The summed E-state index contributed by atoms with van der Waals surface area (Å²) < 4.78 is 5.34. The molecule has 4 amide bonds. The molecule has 0 radical (unpaired) electrons. The molecule has 1 heterocycles. The maximum Gasteiger partial charge on any atom is 0.328 e. The Kier molecular flexibility index (Phi) is 8.37. The highest BCUT2D eigenvalue weighted by molar-refractivity contribution is 6.09. The third-order valence-corrected chi connectivity index (χ3v) is 7.13. The summed E-state index contributed by atoms with van der Waals surface area (Å²) in [7, 11) is 1.44. The highest BCUT2D eigenvalue weighted by Crippen LogP contribution is 2.38. The van der Waals surface area contributed by atoms with Crippen LogP contribution in [0.25, 0.3) is 0 Å². The summed E-state index contributed by atoms with van der Waals surface area (Å²) in [5.41, 5.74) is 6.30. The van der Waals surface area contributed by atoms with Gasteiger partial charge in [-0.2, -0.15) is 0 Å². The second-order valence-corrected chi connectivity index (χ2v) is 9.77. The molecule has 2 atom stereocenters. The quantitative estimate of drug-likeness (QED) is 0.160. The Morgan fingerprint density at radius 2 is 1.66 bits per heavy atom. The minimum absolute atomic E-state index is 0.0946. The molecule has 11 nitrogen and oxygen atoms in total. The summed E-state index contributed by atoms with van der Waals surface area (Å²) in [6.45, 7) is 1.09. The van der Waals surface area contributed by atoms with Gasteiger partial charge in [-0.25, -0.2) is 4.79 Å². The molecule has 212 valence electrons. The van der Waals surface area contributed by atoms with E-state index in [1.54, 1.807) is 55.5 Å². The maximum absolute atomic E-state index is 13.9. The fourth-order valence-electron chi connectivity index (χ4n) is 4.94. The number of hydrogen-bond donors (Lipinski definition) is 4. The van der Waals surface area contributed by atoms with Crippen LogP contribution in [0.2, 0.25) is 0 Å². The minimum Gasteiger partial charge on any atom is -0.496 e. The Bertz CT molecular complexity index is 1480. The number of para-hydroxylation sites is 1. The number of urea groups is 1. The zero-order valence-electron chi connectivity index (χ0n) is 22.7. The van der Waals surface area contributed by atoms with Gasteiger partial charge in [-0.15, -0.1) is 0 Å². The van der Waals surface area contributed by atoms with Gasteiger partial charge in [0.25, 0.3) is 5.91 Å². The van der Waals surface area contributed by atoms with Crippen LogP contribution in [0.4, 0.5) is 4.79 Å². The monoisotopic (exact) mass is 557 g/mol. The highest BCUT2D eigenvalue weighted by atomic mass is 16.5. The van der Waals surface area contributed by atoms with Gasteiger partial charge >= 0.3 is 12.0 Å². The number of rotatable bonds is 11. The predicted molar refractivity (Wildman–Crippen MR) is 150 cm³/mol. The highest BCUT2D eigenvalue weighted by Gasteiger charge is 2.55. The molecular formula is C30H31N5O6. The van der Waals surface area contributed by atoms with Crippen molar-refractivity contribution in [2.75, 3.05) is 13.7 Å². The lowest BCUT2D eigenvalue weighted by Crippen LogP contribution is -2.44. The molecule has 1 aliphatic heterocycles. The van der Waals surface area contributed by atoms with Gasteiger partial charge in [0.05, 0.1) is 19.6 Å². The third kappa shape index (κ3) is 5.88. The van der Waals surface area contributed by atoms with E-state index in [9.17, 15) is 24.3 Å². The van der Waals surface area contributed by atoms with Crippen molar-refractivity contribution in [3.63, 3.8) is 0 Å². The summed E-state index contributed by atoms with van der Waals surface area (Å²) in [5, 5.41) is 19.8. The molecule has 0 aliphatic carbocycles. The molecule has 5 N–H and O–H groups in total. The predicted octanol–water partition coefficient (Wildman–Crippen LogP) is 2.99. The number of amidine groups is 1. The van der Waals surface area contributed by atoms with Crippen LogP contribution >= 0.6 is 0 Å². The molecule has 11 heteroatoms. The van der Waals surface area contributed by atoms with Crippen LogP contribution in [-0.4, -0.2) is 58.2 Å². The van der Waals surface area contributed by atoms with Crippen LogP contribution in [0.15, 0.2) is 78.9 Å².